The zero-order valence-corrected chi connectivity index (χ0v) is 23.9. The van der Waals surface area contributed by atoms with Gasteiger partial charge in [0.1, 0.15) is 6.61 Å². The van der Waals surface area contributed by atoms with E-state index in [0.29, 0.717) is 13.0 Å². The van der Waals surface area contributed by atoms with Gasteiger partial charge in [-0.05, 0) is 47.2 Å². The van der Waals surface area contributed by atoms with Gasteiger partial charge in [0, 0.05) is 31.1 Å². The molecule has 8 heteroatoms. The van der Waals surface area contributed by atoms with Crippen LogP contribution in [0.4, 0.5) is 4.79 Å². The van der Waals surface area contributed by atoms with Crippen molar-refractivity contribution in [3.8, 4) is 11.1 Å². The number of hydrogen-bond acceptors (Lipinski definition) is 7. The van der Waals surface area contributed by atoms with Crippen LogP contribution in [0, 0.1) is 0 Å². The summed E-state index contributed by atoms with van der Waals surface area (Å²) in [5.41, 5.74) is 5.84. The zero-order chi connectivity index (χ0) is 29.3. The SMILES string of the molecule is C=CCOC(=O)NCc1ccccc1-c1ccc(C2OC(CN3CCCC3CO)CC(c3ccc(CO)cc3)O2)cc1. The summed E-state index contributed by atoms with van der Waals surface area (Å²) in [6, 6.07) is 24.2. The van der Waals surface area contributed by atoms with Gasteiger partial charge >= 0.3 is 6.09 Å². The van der Waals surface area contributed by atoms with Gasteiger partial charge in [-0.25, -0.2) is 4.79 Å². The van der Waals surface area contributed by atoms with Crippen LogP contribution in [0.1, 0.15) is 53.9 Å². The fraction of sp³-hybridized carbons (Fsp3) is 0.382. The normalized spacial score (nSPS) is 22.5. The van der Waals surface area contributed by atoms with Gasteiger partial charge in [-0.1, -0.05) is 85.5 Å². The smallest absolute Gasteiger partial charge is 0.407 e. The number of carbonyl (C=O) groups excluding carboxylic acids is 1. The zero-order valence-electron chi connectivity index (χ0n) is 23.9. The quantitative estimate of drug-likeness (QED) is 0.270. The molecule has 0 aromatic heterocycles. The molecule has 222 valence electrons. The second kappa shape index (κ2) is 14.6. The minimum absolute atomic E-state index is 0.00259. The van der Waals surface area contributed by atoms with Crippen molar-refractivity contribution in [2.75, 3.05) is 26.3 Å². The highest BCUT2D eigenvalue weighted by atomic mass is 16.7. The van der Waals surface area contributed by atoms with E-state index in [1.165, 1.54) is 6.08 Å². The lowest BCUT2D eigenvalue weighted by molar-refractivity contribution is -0.253. The highest BCUT2D eigenvalue weighted by Crippen LogP contribution is 2.39. The van der Waals surface area contributed by atoms with Crippen LogP contribution in [-0.4, -0.2) is 59.7 Å². The Morgan fingerprint density at radius 3 is 2.52 bits per heavy atom. The van der Waals surface area contributed by atoms with Crippen molar-refractivity contribution in [3.63, 3.8) is 0 Å². The first-order chi connectivity index (χ1) is 20.6. The summed E-state index contributed by atoms with van der Waals surface area (Å²) in [7, 11) is 0. The second-order valence-electron chi connectivity index (χ2n) is 10.8. The number of carbonyl (C=O) groups is 1. The average Bonchev–Trinajstić information content (AvgIpc) is 3.49. The van der Waals surface area contributed by atoms with Crippen molar-refractivity contribution in [3.05, 3.63) is 108 Å². The summed E-state index contributed by atoms with van der Waals surface area (Å²) in [6.07, 6.45) is 3.06. The largest absolute Gasteiger partial charge is 0.445 e. The van der Waals surface area contributed by atoms with Gasteiger partial charge in [0.05, 0.1) is 25.4 Å². The summed E-state index contributed by atoms with van der Waals surface area (Å²) < 4.78 is 18.1. The van der Waals surface area contributed by atoms with Crippen LogP contribution >= 0.6 is 0 Å². The molecule has 3 aromatic rings. The van der Waals surface area contributed by atoms with Gasteiger partial charge in [-0.2, -0.15) is 0 Å². The number of alkyl carbamates (subject to hydrolysis) is 1. The van der Waals surface area contributed by atoms with Crippen molar-refractivity contribution >= 4 is 6.09 Å². The van der Waals surface area contributed by atoms with Crippen molar-refractivity contribution in [1.29, 1.82) is 0 Å². The summed E-state index contributed by atoms with van der Waals surface area (Å²) in [4.78, 5) is 14.3. The number of rotatable bonds is 11. The third-order valence-electron chi connectivity index (χ3n) is 8.03. The Hall–Kier alpha value is -3.53. The Morgan fingerprint density at radius 2 is 1.79 bits per heavy atom. The Balaban J connectivity index is 1.33. The van der Waals surface area contributed by atoms with Gasteiger partial charge in [-0.3, -0.25) is 4.90 Å². The maximum Gasteiger partial charge on any atom is 0.407 e. The van der Waals surface area contributed by atoms with E-state index in [0.717, 1.165) is 59.3 Å². The molecule has 0 bridgehead atoms. The monoisotopic (exact) mass is 572 g/mol. The van der Waals surface area contributed by atoms with E-state index in [9.17, 15) is 15.0 Å². The molecule has 42 heavy (non-hydrogen) atoms. The lowest BCUT2D eigenvalue weighted by Crippen LogP contribution is -2.42. The number of nitrogens with zero attached hydrogens (tertiary/aromatic N) is 1. The van der Waals surface area contributed by atoms with Crippen LogP contribution in [0.3, 0.4) is 0 Å². The Morgan fingerprint density at radius 1 is 1.02 bits per heavy atom. The molecule has 0 spiro atoms. The highest BCUT2D eigenvalue weighted by Gasteiger charge is 2.35. The van der Waals surface area contributed by atoms with E-state index in [1.54, 1.807) is 0 Å². The van der Waals surface area contributed by atoms with Crippen LogP contribution in [0.2, 0.25) is 0 Å². The Labute approximate surface area is 247 Å². The summed E-state index contributed by atoms with van der Waals surface area (Å²) in [5.74, 6) is 0. The maximum absolute atomic E-state index is 11.9. The molecule has 0 radical (unpaired) electrons. The summed E-state index contributed by atoms with van der Waals surface area (Å²) in [6.45, 7) is 5.93. The molecule has 2 heterocycles. The molecule has 8 nitrogen and oxygen atoms in total. The highest BCUT2D eigenvalue weighted by molar-refractivity contribution is 5.70. The van der Waals surface area contributed by atoms with Crippen molar-refractivity contribution in [2.45, 2.75) is 57.0 Å². The minimum Gasteiger partial charge on any atom is -0.445 e. The van der Waals surface area contributed by atoms with E-state index in [2.05, 4.69) is 16.8 Å². The fourth-order valence-electron chi connectivity index (χ4n) is 5.77. The van der Waals surface area contributed by atoms with Crippen LogP contribution in [0.15, 0.2) is 85.5 Å². The molecule has 4 atom stereocenters. The van der Waals surface area contributed by atoms with Gasteiger partial charge in [0.2, 0.25) is 0 Å². The van der Waals surface area contributed by atoms with E-state index < -0.39 is 12.4 Å². The number of likely N-dealkylation sites (tertiary alicyclic amines) is 1. The van der Waals surface area contributed by atoms with E-state index >= 15 is 0 Å². The number of ether oxygens (including phenoxy) is 3. The number of hydrogen-bond donors (Lipinski definition) is 3. The van der Waals surface area contributed by atoms with Crippen LogP contribution in [0.25, 0.3) is 11.1 Å². The minimum atomic E-state index is -0.549. The van der Waals surface area contributed by atoms with Crippen molar-refractivity contribution < 1.29 is 29.2 Å². The number of amides is 1. The molecule has 2 aliphatic heterocycles. The van der Waals surface area contributed by atoms with Crippen molar-refractivity contribution in [2.24, 2.45) is 0 Å². The van der Waals surface area contributed by atoms with Crippen LogP contribution < -0.4 is 5.32 Å². The van der Waals surface area contributed by atoms with Crippen LogP contribution in [0.5, 0.6) is 0 Å². The Kier molecular flexibility index (Phi) is 10.4. The van der Waals surface area contributed by atoms with E-state index in [-0.39, 0.29) is 38.1 Å². The topological polar surface area (TPSA) is 100 Å². The first kappa shape index (κ1) is 29.9. The molecule has 3 N–H and O–H groups in total. The van der Waals surface area contributed by atoms with Gasteiger partial charge in [0.25, 0.3) is 0 Å². The summed E-state index contributed by atoms with van der Waals surface area (Å²) >= 11 is 0. The second-order valence-corrected chi connectivity index (χ2v) is 10.8. The van der Waals surface area contributed by atoms with Gasteiger partial charge in [0.15, 0.2) is 6.29 Å². The first-order valence-electron chi connectivity index (χ1n) is 14.6. The lowest BCUT2D eigenvalue weighted by atomic mass is 9.97. The molecule has 0 saturated carbocycles. The molecular formula is C34H40N2O6. The molecule has 1 amide bonds. The Bertz CT molecular complexity index is 1310. The fourth-order valence-corrected chi connectivity index (χ4v) is 5.77. The molecule has 2 fully saturated rings. The third-order valence-corrected chi connectivity index (χ3v) is 8.03. The maximum atomic E-state index is 11.9. The van der Waals surface area contributed by atoms with Gasteiger partial charge in [-0.15, -0.1) is 0 Å². The molecule has 3 aromatic carbocycles. The number of nitrogens with one attached hydrogen (secondary N) is 1. The molecule has 5 rings (SSSR count). The number of benzene rings is 3. The predicted molar refractivity (Wildman–Crippen MR) is 160 cm³/mol. The molecule has 4 unspecified atom stereocenters. The van der Waals surface area contributed by atoms with Crippen molar-refractivity contribution in [1.82, 2.24) is 10.2 Å². The standard InChI is InChI=1S/C34H40N2O6/c1-2-18-40-34(39)35-20-28-6-3-4-8-31(28)25-13-15-27(16-14-25)33-41-30(21-36-17-5-7-29(36)23-38)19-32(42-33)26-11-9-24(22-37)10-12-26/h2-4,6,8-16,29-30,32-33,37-38H,1,5,7,17-23H2,(H,35,39). The molecular weight excluding hydrogens is 532 g/mol. The molecule has 2 saturated heterocycles. The van der Waals surface area contributed by atoms with E-state index in [1.807, 2.05) is 72.8 Å². The molecule has 2 aliphatic rings. The average molecular weight is 573 g/mol. The third kappa shape index (κ3) is 7.45. The number of aliphatic hydroxyl groups excluding tert-OH is 2. The summed E-state index contributed by atoms with van der Waals surface area (Å²) in [5, 5.41) is 22.1. The van der Waals surface area contributed by atoms with E-state index in [4.69, 9.17) is 14.2 Å². The number of aliphatic hydroxyl groups is 2. The van der Waals surface area contributed by atoms with Crippen LogP contribution in [-0.2, 0) is 27.4 Å². The molecule has 0 aliphatic carbocycles. The first-order valence-corrected chi connectivity index (χ1v) is 14.6. The van der Waals surface area contributed by atoms with Gasteiger partial charge < -0.3 is 29.7 Å². The predicted octanol–water partition coefficient (Wildman–Crippen LogP) is 5.26. The lowest BCUT2D eigenvalue weighted by Gasteiger charge is -2.38.